The molecule has 1 fully saturated rings. The largest absolute Gasteiger partial charge is 0.337 e. The summed E-state index contributed by atoms with van der Waals surface area (Å²) in [7, 11) is -3.09. The SMILES string of the molecule is CCOP(=O)(Cc1ccccc1)OC1NCN1. The van der Waals surface area contributed by atoms with Crippen molar-refractivity contribution in [3.63, 3.8) is 0 Å². The van der Waals surface area contributed by atoms with Crippen LogP contribution in [-0.4, -0.2) is 19.6 Å². The average molecular weight is 256 g/mol. The molecule has 1 unspecified atom stereocenters. The van der Waals surface area contributed by atoms with Gasteiger partial charge in [0.05, 0.1) is 19.4 Å². The maximum Gasteiger partial charge on any atom is 0.337 e. The Morgan fingerprint density at radius 3 is 2.59 bits per heavy atom. The Kier molecular flexibility index (Phi) is 4.31. The summed E-state index contributed by atoms with van der Waals surface area (Å²) in [5.41, 5.74) is 0.948. The van der Waals surface area contributed by atoms with E-state index in [4.69, 9.17) is 9.05 Å². The van der Waals surface area contributed by atoms with Crippen LogP contribution in [0.1, 0.15) is 12.5 Å². The van der Waals surface area contributed by atoms with E-state index in [-0.39, 0.29) is 6.35 Å². The van der Waals surface area contributed by atoms with E-state index in [0.29, 0.717) is 19.4 Å². The van der Waals surface area contributed by atoms with Gasteiger partial charge in [-0.3, -0.25) is 19.7 Å². The van der Waals surface area contributed by atoms with E-state index >= 15 is 0 Å². The molecule has 2 N–H and O–H groups in total. The molecular formula is C11H17N2O3P. The molecule has 1 atom stereocenters. The van der Waals surface area contributed by atoms with Crippen molar-refractivity contribution < 1.29 is 13.6 Å². The normalized spacial score (nSPS) is 19.6. The summed E-state index contributed by atoms with van der Waals surface area (Å²) in [6.07, 6.45) is -0.0715. The molecule has 0 aromatic heterocycles. The summed E-state index contributed by atoms with van der Waals surface area (Å²) in [4.78, 5) is 0. The summed E-state index contributed by atoms with van der Waals surface area (Å²) in [6, 6.07) is 9.56. The van der Waals surface area contributed by atoms with Crippen LogP contribution in [0.3, 0.4) is 0 Å². The molecule has 1 aliphatic rings. The summed E-state index contributed by atoms with van der Waals surface area (Å²) < 4.78 is 23.2. The van der Waals surface area contributed by atoms with Gasteiger partial charge in [-0.1, -0.05) is 30.3 Å². The fraction of sp³-hybridized carbons (Fsp3) is 0.455. The van der Waals surface area contributed by atoms with Crippen molar-refractivity contribution in [3.8, 4) is 0 Å². The lowest BCUT2D eigenvalue weighted by Crippen LogP contribution is -2.59. The van der Waals surface area contributed by atoms with Gasteiger partial charge >= 0.3 is 7.60 Å². The molecule has 0 bridgehead atoms. The Bertz CT molecular complexity index is 395. The third-order valence-corrected chi connectivity index (χ3v) is 4.32. The zero-order chi connectivity index (χ0) is 12.1. The Labute approximate surface area is 101 Å². The Morgan fingerprint density at radius 2 is 2.06 bits per heavy atom. The smallest absolute Gasteiger partial charge is 0.309 e. The third kappa shape index (κ3) is 3.63. The molecule has 0 amide bonds. The molecule has 6 heteroatoms. The molecule has 17 heavy (non-hydrogen) atoms. The first-order chi connectivity index (χ1) is 8.22. The lowest BCUT2D eigenvalue weighted by atomic mass is 10.2. The molecule has 1 saturated heterocycles. The maximum atomic E-state index is 12.5. The van der Waals surface area contributed by atoms with Crippen LogP contribution in [0.15, 0.2) is 30.3 Å². The summed E-state index contributed by atoms with van der Waals surface area (Å²) in [5.74, 6) is 0. The van der Waals surface area contributed by atoms with Gasteiger partial charge in [-0.15, -0.1) is 0 Å². The molecule has 1 aromatic carbocycles. The van der Waals surface area contributed by atoms with Gasteiger partial charge in [0, 0.05) is 0 Å². The molecule has 0 spiro atoms. The van der Waals surface area contributed by atoms with Gasteiger partial charge in [0.25, 0.3) is 0 Å². The van der Waals surface area contributed by atoms with Crippen molar-refractivity contribution in [1.29, 1.82) is 0 Å². The van der Waals surface area contributed by atoms with Gasteiger partial charge in [0.15, 0.2) is 6.35 Å². The van der Waals surface area contributed by atoms with E-state index in [0.717, 1.165) is 5.56 Å². The van der Waals surface area contributed by atoms with E-state index in [1.165, 1.54) is 0 Å². The van der Waals surface area contributed by atoms with Crippen molar-refractivity contribution in [2.75, 3.05) is 13.3 Å². The predicted octanol–water partition coefficient (Wildman–Crippen LogP) is 1.87. The molecule has 94 valence electrons. The zero-order valence-corrected chi connectivity index (χ0v) is 10.7. The predicted molar refractivity (Wildman–Crippen MR) is 65.4 cm³/mol. The average Bonchev–Trinajstić information content (AvgIpc) is 2.26. The molecule has 0 saturated carbocycles. The monoisotopic (exact) mass is 256 g/mol. The highest BCUT2D eigenvalue weighted by molar-refractivity contribution is 7.53. The minimum absolute atomic E-state index is 0.293. The van der Waals surface area contributed by atoms with Gasteiger partial charge in [-0.05, 0) is 12.5 Å². The number of hydrogen-bond donors (Lipinski definition) is 2. The van der Waals surface area contributed by atoms with Crippen LogP contribution in [0.25, 0.3) is 0 Å². The van der Waals surface area contributed by atoms with Crippen LogP contribution in [0.2, 0.25) is 0 Å². The van der Waals surface area contributed by atoms with E-state index < -0.39 is 7.60 Å². The number of nitrogens with one attached hydrogen (secondary N) is 2. The first-order valence-corrected chi connectivity index (χ1v) is 7.37. The van der Waals surface area contributed by atoms with Crippen LogP contribution in [0.5, 0.6) is 0 Å². The quantitative estimate of drug-likeness (QED) is 0.761. The highest BCUT2D eigenvalue weighted by Crippen LogP contribution is 2.52. The van der Waals surface area contributed by atoms with Crippen molar-refractivity contribution in [2.24, 2.45) is 0 Å². The van der Waals surface area contributed by atoms with E-state index in [2.05, 4.69) is 10.6 Å². The molecule has 1 heterocycles. The Balaban J connectivity index is 2.02. The van der Waals surface area contributed by atoms with Gasteiger partial charge in [-0.25, -0.2) is 0 Å². The van der Waals surface area contributed by atoms with Crippen LogP contribution in [-0.2, 0) is 19.8 Å². The van der Waals surface area contributed by atoms with Crippen molar-refractivity contribution in [1.82, 2.24) is 10.6 Å². The number of hydrogen-bond acceptors (Lipinski definition) is 5. The second-order valence-electron chi connectivity index (χ2n) is 3.74. The minimum atomic E-state index is -3.09. The van der Waals surface area contributed by atoms with Crippen LogP contribution in [0.4, 0.5) is 0 Å². The fourth-order valence-electron chi connectivity index (χ4n) is 1.54. The molecule has 5 nitrogen and oxygen atoms in total. The third-order valence-electron chi connectivity index (χ3n) is 2.39. The Hall–Kier alpha value is -0.710. The van der Waals surface area contributed by atoms with Crippen LogP contribution >= 0.6 is 7.60 Å². The van der Waals surface area contributed by atoms with Gasteiger partial charge in [0.1, 0.15) is 0 Å². The Morgan fingerprint density at radius 1 is 1.35 bits per heavy atom. The molecule has 0 radical (unpaired) electrons. The highest BCUT2D eigenvalue weighted by Gasteiger charge is 2.31. The van der Waals surface area contributed by atoms with E-state index in [1.807, 2.05) is 37.3 Å². The summed E-state index contributed by atoms with van der Waals surface area (Å²) in [5, 5.41) is 5.92. The topological polar surface area (TPSA) is 59.6 Å². The summed E-state index contributed by atoms with van der Waals surface area (Å²) in [6.45, 7) is 2.85. The van der Waals surface area contributed by atoms with E-state index in [1.54, 1.807) is 0 Å². The summed E-state index contributed by atoms with van der Waals surface area (Å²) >= 11 is 0. The highest BCUT2D eigenvalue weighted by atomic mass is 31.2. The standard InChI is InChI=1S/C11H17N2O3P/c1-2-15-17(14,16-11-12-9-13-11)8-10-6-4-3-5-7-10/h3-7,11-13H,2,8-9H2,1H3. The molecule has 0 aliphatic carbocycles. The lowest BCUT2D eigenvalue weighted by Gasteiger charge is -2.32. The maximum absolute atomic E-state index is 12.5. The second kappa shape index (κ2) is 5.76. The zero-order valence-electron chi connectivity index (χ0n) is 9.76. The van der Waals surface area contributed by atoms with Gasteiger partial charge in [0.2, 0.25) is 0 Å². The van der Waals surface area contributed by atoms with E-state index in [9.17, 15) is 4.57 Å². The number of rotatable bonds is 6. The van der Waals surface area contributed by atoms with Crippen molar-refractivity contribution in [3.05, 3.63) is 35.9 Å². The van der Waals surface area contributed by atoms with Crippen molar-refractivity contribution in [2.45, 2.75) is 19.4 Å². The molecular weight excluding hydrogens is 239 g/mol. The molecule has 2 rings (SSSR count). The first kappa shape index (κ1) is 12.7. The minimum Gasteiger partial charge on any atom is -0.309 e. The molecule has 1 aliphatic heterocycles. The second-order valence-corrected chi connectivity index (χ2v) is 5.75. The molecule has 1 aromatic rings. The lowest BCUT2D eigenvalue weighted by molar-refractivity contribution is 0.0416. The van der Waals surface area contributed by atoms with Gasteiger partial charge < -0.3 is 4.52 Å². The fourth-order valence-corrected chi connectivity index (χ4v) is 3.29. The van der Waals surface area contributed by atoms with Crippen LogP contribution < -0.4 is 10.6 Å². The van der Waals surface area contributed by atoms with Crippen molar-refractivity contribution >= 4 is 7.60 Å². The number of benzene rings is 1. The van der Waals surface area contributed by atoms with Crippen LogP contribution in [0, 0.1) is 0 Å². The first-order valence-electron chi connectivity index (χ1n) is 5.64. The van der Waals surface area contributed by atoms with Gasteiger partial charge in [-0.2, -0.15) is 0 Å².